The number of rotatable bonds is 6. The van der Waals surface area contributed by atoms with Crippen molar-refractivity contribution in [2.24, 2.45) is 0 Å². The Balaban J connectivity index is 1.36. The number of piperazine rings is 1. The van der Waals surface area contributed by atoms with Gasteiger partial charge in [-0.1, -0.05) is 42.5 Å². The molecule has 3 aromatic carbocycles. The summed E-state index contributed by atoms with van der Waals surface area (Å²) in [7, 11) is -3.64. The van der Waals surface area contributed by atoms with Crippen LogP contribution < -0.4 is 4.74 Å². The van der Waals surface area contributed by atoms with Crippen LogP contribution in [0.3, 0.4) is 0 Å². The Labute approximate surface area is 187 Å². The van der Waals surface area contributed by atoms with E-state index in [0.717, 1.165) is 10.8 Å². The van der Waals surface area contributed by atoms with E-state index in [1.165, 1.54) is 11.2 Å². The van der Waals surface area contributed by atoms with Gasteiger partial charge in [-0.3, -0.25) is 9.59 Å². The number of benzene rings is 3. The Bertz CT molecular complexity index is 1260. The van der Waals surface area contributed by atoms with Crippen molar-refractivity contribution in [3.63, 3.8) is 0 Å². The number of fused-ring (bicyclic) bond motifs is 1. The lowest BCUT2D eigenvalue weighted by atomic mass is 10.1. The molecule has 0 spiro atoms. The van der Waals surface area contributed by atoms with Crippen LogP contribution in [-0.2, 0) is 14.8 Å². The van der Waals surface area contributed by atoms with E-state index in [9.17, 15) is 18.0 Å². The van der Waals surface area contributed by atoms with Gasteiger partial charge in [-0.2, -0.15) is 4.31 Å². The summed E-state index contributed by atoms with van der Waals surface area (Å²) in [5.74, 6) is 0.148. The number of hydrogen-bond donors (Lipinski definition) is 0. The molecule has 1 fully saturated rings. The molecule has 0 N–H and O–H groups in total. The standard InChI is InChI=1S/C24H24N2O5S/c1-18(27)20-7-4-8-22(15-20)31-17-24(28)25-11-13-26(14-12-25)32(29,30)23-10-9-19-5-2-3-6-21(19)16-23/h2-10,15-16H,11-14,17H2,1H3. The van der Waals surface area contributed by atoms with Crippen LogP contribution in [0.15, 0.2) is 71.6 Å². The summed E-state index contributed by atoms with van der Waals surface area (Å²) in [6, 6.07) is 19.4. The minimum absolute atomic E-state index is 0.0782. The molecule has 0 unspecified atom stereocenters. The van der Waals surface area contributed by atoms with Crippen LogP contribution in [0.4, 0.5) is 0 Å². The van der Waals surface area contributed by atoms with E-state index in [1.807, 2.05) is 24.3 Å². The summed E-state index contributed by atoms with van der Waals surface area (Å²) in [5, 5.41) is 1.85. The Kier molecular flexibility index (Phi) is 6.25. The van der Waals surface area contributed by atoms with Crippen molar-refractivity contribution in [1.82, 2.24) is 9.21 Å². The van der Waals surface area contributed by atoms with Gasteiger partial charge in [-0.15, -0.1) is 0 Å². The number of carbonyl (C=O) groups excluding carboxylic acids is 2. The third kappa shape index (κ3) is 4.66. The highest BCUT2D eigenvalue weighted by Gasteiger charge is 2.30. The average molecular weight is 453 g/mol. The number of sulfonamides is 1. The van der Waals surface area contributed by atoms with Gasteiger partial charge in [0.25, 0.3) is 5.91 Å². The Morgan fingerprint density at radius 3 is 2.31 bits per heavy atom. The number of nitrogens with zero attached hydrogens (tertiary/aromatic N) is 2. The summed E-state index contributed by atoms with van der Waals surface area (Å²) in [5.41, 5.74) is 0.516. The second kappa shape index (κ2) is 9.10. The molecule has 1 heterocycles. The van der Waals surface area contributed by atoms with Gasteiger partial charge >= 0.3 is 0 Å². The van der Waals surface area contributed by atoms with E-state index in [0.29, 0.717) is 24.4 Å². The molecule has 1 aliphatic heterocycles. The van der Waals surface area contributed by atoms with Crippen molar-refractivity contribution in [2.45, 2.75) is 11.8 Å². The Hall–Kier alpha value is -3.23. The van der Waals surface area contributed by atoms with E-state index in [4.69, 9.17) is 4.74 Å². The first-order chi connectivity index (χ1) is 15.3. The smallest absolute Gasteiger partial charge is 0.260 e. The number of ether oxygens (including phenoxy) is 1. The second-order valence-electron chi connectivity index (χ2n) is 7.67. The molecule has 4 rings (SSSR count). The first-order valence-electron chi connectivity index (χ1n) is 10.3. The molecule has 8 heteroatoms. The Morgan fingerprint density at radius 2 is 1.59 bits per heavy atom. The maximum absolute atomic E-state index is 13.1. The van der Waals surface area contributed by atoms with Crippen molar-refractivity contribution in [1.29, 1.82) is 0 Å². The zero-order valence-electron chi connectivity index (χ0n) is 17.7. The van der Waals surface area contributed by atoms with Crippen LogP contribution in [-0.4, -0.2) is 62.1 Å². The molecule has 0 aromatic heterocycles. The first kappa shape index (κ1) is 22.0. The fraction of sp³-hybridized carbons (Fsp3) is 0.250. The molecule has 0 bridgehead atoms. The maximum atomic E-state index is 13.1. The minimum Gasteiger partial charge on any atom is -0.484 e. The Morgan fingerprint density at radius 1 is 0.875 bits per heavy atom. The lowest BCUT2D eigenvalue weighted by molar-refractivity contribution is -0.134. The molecule has 0 saturated carbocycles. The molecule has 166 valence electrons. The maximum Gasteiger partial charge on any atom is 0.260 e. The van der Waals surface area contributed by atoms with Crippen molar-refractivity contribution in [2.75, 3.05) is 32.8 Å². The highest BCUT2D eigenvalue weighted by molar-refractivity contribution is 7.89. The van der Waals surface area contributed by atoms with Crippen LogP contribution in [0.25, 0.3) is 10.8 Å². The van der Waals surface area contributed by atoms with E-state index in [1.54, 1.807) is 47.4 Å². The van der Waals surface area contributed by atoms with Gasteiger partial charge < -0.3 is 9.64 Å². The normalized spacial score (nSPS) is 15.0. The van der Waals surface area contributed by atoms with E-state index in [-0.39, 0.29) is 36.3 Å². The number of ketones is 1. The molecule has 1 saturated heterocycles. The molecular weight excluding hydrogens is 428 g/mol. The number of Topliss-reactive ketones (excluding diaryl/α,β-unsaturated/α-hetero) is 1. The van der Waals surface area contributed by atoms with Crippen molar-refractivity contribution >= 4 is 32.5 Å². The second-order valence-corrected chi connectivity index (χ2v) is 9.60. The van der Waals surface area contributed by atoms with Crippen LogP contribution in [0, 0.1) is 0 Å². The predicted octanol–water partition coefficient (Wildman–Crippen LogP) is 2.95. The highest BCUT2D eigenvalue weighted by Crippen LogP contribution is 2.23. The zero-order chi connectivity index (χ0) is 22.7. The average Bonchev–Trinajstić information content (AvgIpc) is 2.82. The predicted molar refractivity (Wildman–Crippen MR) is 121 cm³/mol. The largest absolute Gasteiger partial charge is 0.484 e. The molecule has 3 aromatic rings. The third-order valence-corrected chi connectivity index (χ3v) is 7.45. The van der Waals surface area contributed by atoms with Crippen LogP contribution in [0.5, 0.6) is 5.75 Å². The molecule has 32 heavy (non-hydrogen) atoms. The highest BCUT2D eigenvalue weighted by atomic mass is 32.2. The fourth-order valence-electron chi connectivity index (χ4n) is 3.70. The summed E-state index contributed by atoms with van der Waals surface area (Å²) in [6.45, 7) is 2.33. The van der Waals surface area contributed by atoms with Crippen LogP contribution in [0.2, 0.25) is 0 Å². The van der Waals surface area contributed by atoms with E-state index in [2.05, 4.69) is 0 Å². The van der Waals surface area contributed by atoms with Crippen molar-refractivity contribution in [3.8, 4) is 5.75 Å². The topological polar surface area (TPSA) is 84.0 Å². The third-order valence-electron chi connectivity index (χ3n) is 5.55. The molecular formula is C24H24N2O5S. The van der Waals surface area contributed by atoms with Gasteiger partial charge in [0, 0.05) is 31.7 Å². The quantitative estimate of drug-likeness (QED) is 0.537. The number of amides is 1. The van der Waals surface area contributed by atoms with Crippen LogP contribution >= 0.6 is 0 Å². The van der Waals surface area contributed by atoms with Gasteiger partial charge in [0.15, 0.2) is 12.4 Å². The lowest BCUT2D eigenvalue weighted by Crippen LogP contribution is -2.51. The fourth-order valence-corrected chi connectivity index (χ4v) is 5.15. The molecule has 1 aliphatic rings. The molecule has 0 aliphatic carbocycles. The monoisotopic (exact) mass is 452 g/mol. The SMILES string of the molecule is CC(=O)c1cccc(OCC(=O)N2CCN(S(=O)(=O)c3ccc4ccccc4c3)CC2)c1. The summed E-state index contributed by atoms with van der Waals surface area (Å²) in [6.07, 6.45) is 0. The van der Waals surface area contributed by atoms with Crippen molar-refractivity contribution in [3.05, 3.63) is 72.3 Å². The van der Waals surface area contributed by atoms with E-state index >= 15 is 0 Å². The molecule has 0 radical (unpaired) electrons. The molecule has 7 nitrogen and oxygen atoms in total. The minimum atomic E-state index is -3.64. The van der Waals surface area contributed by atoms with Gasteiger partial charge in [0.2, 0.25) is 10.0 Å². The van der Waals surface area contributed by atoms with Gasteiger partial charge in [0.05, 0.1) is 4.90 Å². The number of carbonyl (C=O) groups is 2. The van der Waals surface area contributed by atoms with Gasteiger partial charge in [0.1, 0.15) is 5.75 Å². The van der Waals surface area contributed by atoms with E-state index < -0.39 is 10.0 Å². The zero-order valence-corrected chi connectivity index (χ0v) is 18.5. The van der Waals surface area contributed by atoms with Crippen LogP contribution in [0.1, 0.15) is 17.3 Å². The first-order valence-corrected chi connectivity index (χ1v) is 11.8. The number of hydrogen-bond acceptors (Lipinski definition) is 5. The lowest BCUT2D eigenvalue weighted by Gasteiger charge is -2.34. The summed E-state index contributed by atoms with van der Waals surface area (Å²) < 4.78 is 33.1. The summed E-state index contributed by atoms with van der Waals surface area (Å²) in [4.78, 5) is 25.9. The van der Waals surface area contributed by atoms with Crippen molar-refractivity contribution < 1.29 is 22.7 Å². The molecule has 1 amide bonds. The summed E-state index contributed by atoms with van der Waals surface area (Å²) >= 11 is 0. The van der Waals surface area contributed by atoms with Gasteiger partial charge in [-0.25, -0.2) is 8.42 Å². The molecule has 0 atom stereocenters. The van der Waals surface area contributed by atoms with Gasteiger partial charge in [-0.05, 0) is 42.0 Å².